The van der Waals surface area contributed by atoms with Crippen LogP contribution in [-0.2, 0) is 25.6 Å². The molecule has 3 amide bonds. The average Bonchev–Trinajstić information content (AvgIpc) is 2.72. The Balaban J connectivity index is 2.57. The van der Waals surface area contributed by atoms with Gasteiger partial charge in [-0.1, -0.05) is 32.4 Å². The number of nitrogens with two attached hydrogens (primary N) is 1. The maximum absolute atomic E-state index is 12.3. The minimum Gasteiger partial charge on any atom is -0.508 e. The van der Waals surface area contributed by atoms with E-state index in [0.717, 1.165) is 5.56 Å². The van der Waals surface area contributed by atoms with Crippen molar-refractivity contribution in [1.29, 1.82) is 0 Å². The highest BCUT2D eigenvalue weighted by Crippen LogP contribution is 2.11. The summed E-state index contributed by atoms with van der Waals surface area (Å²) in [5.41, 5.74) is 6.63. The Kier molecular flexibility index (Phi) is 9.94. The fraction of sp³-hybridized carbons (Fsp3) is 0.524. The number of rotatable bonds is 11. The van der Waals surface area contributed by atoms with Crippen LogP contribution in [0.2, 0.25) is 0 Å². The van der Waals surface area contributed by atoms with Crippen LogP contribution in [0.4, 0.5) is 0 Å². The first-order valence-corrected chi connectivity index (χ1v) is 10.1. The van der Waals surface area contributed by atoms with Crippen LogP contribution >= 0.6 is 0 Å². The largest absolute Gasteiger partial charge is 0.508 e. The predicted molar refractivity (Wildman–Crippen MR) is 114 cm³/mol. The summed E-state index contributed by atoms with van der Waals surface area (Å²) >= 11 is 0. The second-order valence-corrected chi connectivity index (χ2v) is 7.65. The number of hydrogen-bond donors (Lipinski definition) is 6. The molecule has 10 nitrogen and oxygen atoms in total. The predicted octanol–water partition coefficient (Wildman–Crippen LogP) is -0.113. The second-order valence-electron chi connectivity index (χ2n) is 7.65. The minimum atomic E-state index is -1.15. The van der Waals surface area contributed by atoms with E-state index in [0.29, 0.717) is 6.42 Å². The Labute approximate surface area is 181 Å². The number of carboxylic acid groups (broad SMARTS) is 1. The van der Waals surface area contributed by atoms with E-state index in [1.54, 1.807) is 19.1 Å². The summed E-state index contributed by atoms with van der Waals surface area (Å²) in [6.07, 6.45) is 0.775. The van der Waals surface area contributed by atoms with Gasteiger partial charge in [0.1, 0.15) is 23.9 Å². The number of phenols is 1. The number of aliphatic carboxylic acids is 1. The van der Waals surface area contributed by atoms with Crippen LogP contribution in [-0.4, -0.2) is 58.1 Å². The lowest BCUT2D eigenvalue weighted by Gasteiger charge is -2.24. The second kappa shape index (κ2) is 11.9. The van der Waals surface area contributed by atoms with Gasteiger partial charge in [-0.05, 0) is 43.9 Å². The van der Waals surface area contributed by atoms with Crippen LogP contribution < -0.4 is 21.7 Å². The fourth-order valence-electron chi connectivity index (χ4n) is 2.73. The van der Waals surface area contributed by atoms with E-state index in [1.807, 2.05) is 6.92 Å². The van der Waals surface area contributed by atoms with Gasteiger partial charge < -0.3 is 31.9 Å². The summed E-state index contributed by atoms with van der Waals surface area (Å²) in [5, 5.41) is 25.9. The molecule has 0 aliphatic heterocycles. The van der Waals surface area contributed by atoms with Gasteiger partial charge in [-0.3, -0.25) is 14.4 Å². The van der Waals surface area contributed by atoms with Crippen molar-refractivity contribution in [2.45, 2.75) is 64.7 Å². The summed E-state index contributed by atoms with van der Waals surface area (Å²) in [5.74, 6) is -3.12. The van der Waals surface area contributed by atoms with Crippen LogP contribution in [0.1, 0.15) is 39.7 Å². The Bertz CT molecular complexity index is 783. The first-order valence-electron chi connectivity index (χ1n) is 10.1. The van der Waals surface area contributed by atoms with Crippen molar-refractivity contribution in [3.05, 3.63) is 29.8 Å². The highest BCUT2D eigenvalue weighted by Gasteiger charge is 2.29. The molecule has 5 unspecified atom stereocenters. The van der Waals surface area contributed by atoms with E-state index in [9.17, 15) is 29.4 Å². The molecule has 0 spiro atoms. The van der Waals surface area contributed by atoms with E-state index >= 15 is 0 Å². The highest BCUT2D eigenvalue weighted by atomic mass is 16.4. The van der Waals surface area contributed by atoms with Crippen LogP contribution in [0.15, 0.2) is 24.3 Å². The van der Waals surface area contributed by atoms with Gasteiger partial charge >= 0.3 is 5.97 Å². The lowest BCUT2D eigenvalue weighted by Crippen LogP contribution is -2.56. The maximum Gasteiger partial charge on any atom is 0.326 e. The van der Waals surface area contributed by atoms with E-state index in [4.69, 9.17) is 5.73 Å². The third kappa shape index (κ3) is 8.25. The van der Waals surface area contributed by atoms with Crippen molar-refractivity contribution < 1.29 is 29.4 Å². The Morgan fingerprint density at radius 3 is 1.87 bits per heavy atom. The Morgan fingerprint density at radius 2 is 1.39 bits per heavy atom. The molecule has 0 fully saturated rings. The number of carbonyl (C=O) groups is 4. The molecular formula is C21H32N4O6. The molecule has 0 aliphatic carbocycles. The normalized spacial score (nSPS) is 15.6. The van der Waals surface area contributed by atoms with Crippen molar-refractivity contribution in [1.82, 2.24) is 16.0 Å². The number of amides is 3. The van der Waals surface area contributed by atoms with Gasteiger partial charge in [0, 0.05) is 0 Å². The first kappa shape index (κ1) is 25.9. The lowest BCUT2D eigenvalue weighted by atomic mass is 9.99. The molecule has 10 heteroatoms. The van der Waals surface area contributed by atoms with Gasteiger partial charge in [0.2, 0.25) is 17.7 Å². The SMILES string of the molecule is CCC(C)C(NC(=O)C(C)NC(=O)C(C)NC(=O)C(N)Cc1ccc(O)cc1)C(=O)O. The monoisotopic (exact) mass is 436 g/mol. The lowest BCUT2D eigenvalue weighted by molar-refractivity contribution is -0.143. The molecule has 1 aromatic rings. The summed E-state index contributed by atoms with van der Waals surface area (Å²) in [4.78, 5) is 48.2. The number of hydrogen-bond acceptors (Lipinski definition) is 6. The van der Waals surface area contributed by atoms with Crippen LogP contribution in [0.25, 0.3) is 0 Å². The third-order valence-corrected chi connectivity index (χ3v) is 5.01. The maximum atomic E-state index is 12.3. The number of carboxylic acids is 1. The summed E-state index contributed by atoms with van der Waals surface area (Å²) < 4.78 is 0. The van der Waals surface area contributed by atoms with Gasteiger partial charge in [-0.25, -0.2) is 4.79 Å². The Hall–Kier alpha value is -3.14. The fourth-order valence-corrected chi connectivity index (χ4v) is 2.73. The molecule has 0 aliphatic rings. The van der Waals surface area contributed by atoms with Crippen LogP contribution in [0.5, 0.6) is 5.75 Å². The molecule has 31 heavy (non-hydrogen) atoms. The van der Waals surface area contributed by atoms with Crippen molar-refractivity contribution in [3.8, 4) is 5.75 Å². The molecule has 5 atom stereocenters. The van der Waals surface area contributed by atoms with E-state index in [2.05, 4.69) is 16.0 Å². The van der Waals surface area contributed by atoms with Crippen molar-refractivity contribution in [2.24, 2.45) is 11.7 Å². The van der Waals surface area contributed by atoms with Crippen molar-refractivity contribution in [2.75, 3.05) is 0 Å². The average molecular weight is 437 g/mol. The number of aromatic hydroxyl groups is 1. The molecule has 0 heterocycles. The number of nitrogens with one attached hydrogen (secondary N) is 3. The molecule has 0 saturated heterocycles. The molecule has 0 aromatic heterocycles. The van der Waals surface area contributed by atoms with E-state index < -0.39 is 47.9 Å². The number of benzene rings is 1. The molecule has 7 N–H and O–H groups in total. The zero-order chi connectivity index (χ0) is 23.7. The van der Waals surface area contributed by atoms with Crippen molar-refractivity contribution >= 4 is 23.7 Å². The summed E-state index contributed by atoms with van der Waals surface area (Å²) in [6, 6.07) is 2.32. The molecule has 1 aromatic carbocycles. The smallest absolute Gasteiger partial charge is 0.326 e. The van der Waals surface area contributed by atoms with Gasteiger partial charge in [-0.2, -0.15) is 0 Å². The highest BCUT2D eigenvalue weighted by molar-refractivity contribution is 5.93. The minimum absolute atomic E-state index is 0.101. The van der Waals surface area contributed by atoms with Gasteiger partial charge in [0.25, 0.3) is 0 Å². The molecule has 172 valence electrons. The quantitative estimate of drug-likeness (QED) is 0.281. The first-order chi connectivity index (χ1) is 14.5. The van der Waals surface area contributed by atoms with E-state index in [-0.39, 0.29) is 18.1 Å². The van der Waals surface area contributed by atoms with E-state index in [1.165, 1.54) is 26.0 Å². The molecule has 0 saturated carbocycles. The third-order valence-electron chi connectivity index (χ3n) is 5.01. The van der Waals surface area contributed by atoms with Gasteiger partial charge in [-0.15, -0.1) is 0 Å². The van der Waals surface area contributed by atoms with Gasteiger partial charge in [0.05, 0.1) is 6.04 Å². The Morgan fingerprint density at radius 1 is 0.903 bits per heavy atom. The zero-order valence-electron chi connectivity index (χ0n) is 18.2. The summed E-state index contributed by atoms with van der Waals surface area (Å²) in [6.45, 7) is 6.40. The molecule has 0 radical (unpaired) electrons. The topological polar surface area (TPSA) is 171 Å². The van der Waals surface area contributed by atoms with Gasteiger partial charge in [0.15, 0.2) is 0 Å². The number of carbonyl (C=O) groups excluding carboxylic acids is 3. The zero-order valence-corrected chi connectivity index (χ0v) is 18.2. The van der Waals surface area contributed by atoms with Crippen LogP contribution in [0.3, 0.4) is 0 Å². The molecule has 0 bridgehead atoms. The molecular weight excluding hydrogens is 404 g/mol. The van der Waals surface area contributed by atoms with Crippen LogP contribution in [0, 0.1) is 5.92 Å². The summed E-state index contributed by atoms with van der Waals surface area (Å²) in [7, 11) is 0. The number of phenolic OH excluding ortho intramolecular Hbond substituents is 1. The standard InChI is InChI=1S/C21H32N4O6/c1-5-11(2)17(21(30)31)25-19(28)13(4)23-18(27)12(3)24-20(29)16(22)10-14-6-8-15(26)9-7-14/h6-9,11-13,16-17,26H,5,10,22H2,1-4H3,(H,23,27)(H,24,29)(H,25,28)(H,30,31). The van der Waals surface area contributed by atoms with Crippen molar-refractivity contribution in [3.63, 3.8) is 0 Å². The molecule has 1 rings (SSSR count).